The van der Waals surface area contributed by atoms with Crippen molar-refractivity contribution in [2.75, 3.05) is 19.0 Å². The summed E-state index contributed by atoms with van der Waals surface area (Å²) in [4.78, 5) is 12.0. The van der Waals surface area contributed by atoms with Crippen LogP contribution >= 0.6 is 0 Å². The standard InChI is InChI=1S/C16H21NO3/c1-3-20-14-9-8-13(11-15(14)19-2)17-16(18)10-12-6-4-5-7-12/h4,6,8-9,11-12H,3,5,7,10H2,1-2H3,(H,17,18)/t12-/m0/s1. The quantitative estimate of drug-likeness (QED) is 0.809. The molecule has 0 aromatic heterocycles. The number of nitrogens with one attached hydrogen (secondary N) is 1. The van der Waals surface area contributed by atoms with Gasteiger partial charge in [-0.3, -0.25) is 4.79 Å². The number of benzene rings is 1. The van der Waals surface area contributed by atoms with Gasteiger partial charge < -0.3 is 14.8 Å². The molecule has 1 aliphatic carbocycles. The molecule has 108 valence electrons. The van der Waals surface area contributed by atoms with E-state index in [2.05, 4.69) is 17.5 Å². The van der Waals surface area contributed by atoms with E-state index in [-0.39, 0.29) is 5.91 Å². The first-order valence-electron chi connectivity index (χ1n) is 7.00. The monoisotopic (exact) mass is 275 g/mol. The lowest BCUT2D eigenvalue weighted by atomic mass is 10.1. The van der Waals surface area contributed by atoms with Crippen LogP contribution in [0.5, 0.6) is 11.5 Å². The Morgan fingerprint density at radius 1 is 1.40 bits per heavy atom. The summed E-state index contributed by atoms with van der Waals surface area (Å²) in [5, 5.41) is 2.90. The van der Waals surface area contributed by atoms with Gasteiger partial charge >= 0.3 is 0 Å². The Morgan fingerprint density at radius 2 is 2.25 bits per heavy atom. The van der Waals surface area contributed by atoms with E-state index < -0.39 is 0 Å². The molecule has 1 amide bonds. The number of hydrogen-bond donors (Lipinski definition) is 1. The third-order valence-electron chi connectivity index (χ3n) is 3.31. The van der Waals surface area contributed by atoms with Gasteiger partial charge in [0.1, 0.15) is 0 Å². The second kappa shape index (κ2) is 6.98. The Labute approximate surface area is 119 Å². The van der Waals surface area contributed by atoms with Gasteiger partial charge in [-0.25, -0.2) is 0 Å². The van der Waals surface area contributed by atoms with E-state index in [0.29, 0.717) is 30.4 Å². The van der Waals surface area contributed by atoms with Crippen molar-refractivity contribution in [3.05, 3.63) is 30.4 Å². The van der Waals surface area contributed by atoms with E-state index in [4.69, 9.17) is 9.47 Å². The zero-order valence-electron chi connectivity index (χ0n) is 12.0. The number of carbonyl (C=O) groups is 1. The summed E-state index contributed by atoms with van der Waals surface area (Å²) in [6.45, 7) is 2.50. The number of rotatable bonds is 6. The molecule has 1 aromatic rings. The first-order valence-corrected chi connectivity index (χ1v) is 7.00. The van der Waals surface area contributed by atoms with Crippen molar-refractivity contribution in [1.82, 2.24) is 0 Å². The number of anilines is 1. The predicted octanol–water partition coefficient (Wildman–Crippen LogP) is 3.39. The Balaban J connectivity index is 1.98. The van der Waals surface area contributed by atoms with Gasteiger partial charge in [-0.05, 0) is 37.8 Å². The summed E-state index contributed by atoms with van der Waals surface area (Å²) in [5.41, 5.74) is 0.734. The van der Waals surface area contributed by atoms with Gasteiger partial charge in [0.05, 0.1) is 13.7 Å². The lowest BCUT2D eigenvalue weighted by Gasteiger charge is -2.12. The number of hydrogen-bond acceptors (Lipinski definition) is 3. The fraction of sp³-hybridized carbons (Fsp3) is 0.438. The van der Waals surface area contributed by atoms with Gasteiger partial charge in [-0.15, -0.1) is 0 Å². The second-order valence-corrected chi connectivity index (χ2v) is 4.82. The van der Waals surface area contributed by atoms with E-state index in [1.54, 1.807) is 13.2 Å². The molecule has 0 unspecified atom stereocenters. The number of allylic oxidation sites excluding steroid dienone is 2. The van der Waals surface area contributed by atoms with Crippen LogP contribution < -0.4 is 14.8 Å². The number of carbonyl (C=O) groups excluding carboxylic acids is 1. The summed E-state index contributed by atoms with van der Waals surface area (Å²) < 4.78 is 10.7. The third kappa shape index (κ3) is 3.76. The molecule has 0 radical (unpaired) electrons. The summed E-state index contributed by atoms with van der Waals surface area (Å²) in [6, 6.07) is 5.43. The van der Waals surface area contributed by atoms with Gasteiger partial charge in [-0.1, -0.05) is 12.2 Å². The lowest BCUT2D eigenvalue weighted by molar-refractivity contribution is -0.116. The number of methoxy groups -OCH3 is 1. The molecular formula is C16H21NO3. The molecular weight excluding hydrogens is 254 g/mol. The molecule has 0 spiro atoms. The Morgan fingerprint density at radius 3 is 2.90 bits per heavy atom. The minimum atomic E-state index is 0.0350. The van der Waals surface area contributed by atoms with Gasteiger partial charge in [0.2, 0.25) is 5.91 Å². The second-order valence-electron chi connectivity index (χ2n) is 4.82. The Bertz CT molecular complexity index is 496. The molecule has 0 fully saturated rings. The zero-order valence-corrected chi connectivity index (χ0v) is 12.0. The van der Waals surface area contributed by atoms with Crippen molar-refractivity contribution in [2.45, 2.75) is 26.2 Å². The minimum absolute atomic E-state index is 0.0350. The molecule has 4 heteroatoms. The summed E-state index contributed by atoms with van der Waals surface area (Å²) in [6.07, 6.45) is 6.94. The molecule has 0 heterocycles. The predicted molar refractivity (Wildman–Crippen MR) is 79.3 cm³/mol. The molecule has 0 saturated heterocycles. The smallest absolute Gasteiger partial charge is 0.224 e. The largest absolute Gasteiger partial charge is 0.493 e. The van der Waals surface area contributed by atoms with Crippen LogP contribution in [0.25, 0.3) is 0 Å². The highest BCUT2D eigenvalue weighted by molar-refractivity contribution is 5.91. The van der Waals surface area contributed by atoms with Crippen LogP contribution in [0.3, 0.4) is 0 Å². The van der Waals surface area contributed by atoms with Gasteiger partial charge in [0, 0.05) is 18.2 Å². The van der Waals surface area contributed by atoms with Crippen LogP contribution in [0.1, 0.15) is 26.2 Å². The maximum atomic E-state index is 12.0. The highest BCUT2D eigenvalue weighted by Crippen LogP contribution is 2.30. The maximum Gasteiger partial charge on any atom is 0.224 e. The summed E-state index contributed by atoms with van der Waals surface area (Å²) in [5.74, 6) is 1.73. The van der Waals surface area contributed by atoms with Crippen molar-refractivity contribution in [1.29, 1.82) is 0 Å². The third-order valence-corrected chi connectivity index (χ3v) is 3.31. The van der Waals surface area contributed by atoms with Crippen molar-refractivity contribution in [2.24, 2.45) is 5.92 Å². The molecule has 0 aliphatic heterocycles. The van der Waals surface area contributed by atoms with Crippen molar-refractivity contribution < 1.29 is 14.3 Å². The topological polar surface area (TPSA) is 47.6 Å². The maximum absolute atomic E-state index is 12.0. The molecule has 2 rings (SSSR count). The highest BCUT2D eigenvalue weighted by atomic mass is 16.5. The van der Waals surface area contributed by atoms with E-state index >= 15 is 0 Å². The molecule has 1 N–H and O–H groups in total. The molecule has 1 aromatic carbocycles. The highest BCUT2D eigenvalue weighted by Gasteiger charge is 2.14. The summed E-state index contributed by atoms with van der Waals surface area (Å²) >= 11 is 0. The van der Waals surface area contributed by atoms with Crippen LogP contribution in [0, 0.1) is 5.92 Å². The van der Waals surface area contributed by atoms with E-state index in [9.17, 15) is 4.79 Å². The van der Waals surface area contributed by atoms with E-state index in [1.165, 1.54) is 0 Å². The number of ether oxygens (including phenoxy) is 2. The van der Waals surface area contributed by atoms with Crippen molar-refractivity contribution >= 4 is 11.6 Å². The van der Waals surface area contributed by atoms with Crippen LogP contribution in [0.2, 0.25) is 0 Å². The van der Waals surface area contributed by atoms with E-state index in [1.807, 2.05) is 19.1 Å². The Kier molecular flexibility index (Phi) is 5.04. The van der Waals surface area contributed by atoms with Gasteiger partial charge in [0.15, 0.2) is 11.5 Å². The fourth-order valence-electron chi connectivity index (χ4n) is 2.34. The minimum Gasteiger partial charge on any atom is -0.493 e. The first-order chi connectivity index (χ1) is 9.72. The Hall–Kier alpha value is -1.97. The van der Waals surface area contributed by atoms with Crippen LogP contribution in [-0.2, 0) is 4.79 Å². The molecule has 0 bridgehead atoms. The lowest BCUT2D eigenvalue weighted by Crippen LogP contribution is -2.14. The first kappa shape index (κ1) is 14.4. The van der Waals surface area contributed by atoms with Gasteiger partial charge in [-0.2, -0.15) is 0 Å². The number of amides is 1. The SMILES string of the molecule is CCOc1ccc(NC(=O)C[C@H]2C=CCC2)cc1OC. The van der Waals surface area contributed by atoms with Gasteiger partial charge in [0.25, 0.3) is 0 Å². The van der Waals surface area contributed by atoms with E-state index in [0.717, 1.165) is 18.5 Å². The molecule has 1 atom stereocenters. The van der Waals surface area contributed by atoms with Crippen LogP contribution in [0.4, 0.5) is 5.69 Å². The molecule has 20 heavy (non-hydrogen) atoms. The normalized spacial score (nSPS) is 17.0. The fourth-order valence-corrected chi connectivity index (χ4v) is 2.34. The summed E-state index contributed by atoms with van der Waals surface area (Å²) in [7, 11) is 1.59. The molecule has 0 saturated carbocycles. The average molecular weight is 275 g/mol. The zero-order chi connectivity index (χ0) is 14.4. The van der Waals surface area contributed by atoms with Crippen molar-refractivity contribution in [3.8, 4) is 11.5 Å². The van der Waals surface area contributed by atoms with Crippen LogP contribution in [0.15, 0.2) is 30.4 Å². The van der Waals surface area contributed by atoms with Crippen LogP contribution in [-0.4, -0.2) is 19.6 Å². The molecule has 1 aliphatic rings. The molecule has 4 nitrogen and oxygen atoms in total. The van der Waals surface area contributed by atoms with Crippen molar-refractivity contribution in [3.63, 3.8) is 0 Å². The average Bonchev–Trinajstić information content (AvgIpc) is 2.93.